The van der Waals surface area contributed by atoms with Gasteiger partial charge in [0.2, 0.25) is 5.82 Å². The van der Waals surface area contributed by atoms with Gasteiger partial charge in [-0.25, -0.2) is 0 Å². The summed E-state index contributed by atoms with van der Waals surface area (Å²) in [6.07, 6.45) is 0. The van der Waals surface area contributed by atoms with Crippen LogP contribution < -0.4 is 14.8 Å². The Hall–Kier alpha value is -4.13. The van der Waals surface area contributed by atoms with Crippen LogP contribution in [0.4, 0.5) is 5.69 Å². The van der Waals surface area contributed by atoms with Crippen LogP contribution in [0.2, 0.25) is 0 Å². The number of aromatic nitrogens is 2. The Kier molecular flexibility index (Phi) is 6.23. The van der Waals surface area contributed by atoms with Gasteiger partial charge in [0.15, 0.2) is 6.61 Å². The van der Waals surface area contributed by atoms with E-state index < -0.39 is 0 Å². The lowest BCUT2D eigenvalue weighted by atomic mass is 10.2. The van der Waals surface area contributed by atoms with Gasteiger partial charge in [0, 0.05) is 16.8 Å². The van der Waals surface area contributed by atoms with Crippen LogP contribution in [0, 0.1) is 0 Å². The van der Waals surface area contributed by atoms with Gasteiger partial charge >= 0.3 is 0 Å². The average molecular weight is 415 g/mol. The topological polar surface area (TPSA) is 86.5 Å². The summed E-state index contributed by atoms with van der Waals surface area (Å²) in [5.74, 6) is 1.92. The third-order valence-corrected chi connectivity index (χ3v) is 4.36. The van der Waals surface area contributed by atoms with Crippen molar-refractivity contribution in [3.8, 4) is 34.3 Å². The van der Waals surface area contributed by atoms with E-state index in [2.05, 4.69) is 15.5 Å². The third kappa shape index (κ3) is 5.27. The molecule has 0 unspecified atom stereocenters. The Morgan fingerprint density at radius 2 is 1.71 bits per heavy atom. The third-order valence-electron chi connectivity index (χ3n) is 4.36. The van der Waals surface area contributed by atoms with Gasteiger partial charge in [-0.1, -0.05) is 35.5 Å². The van der Waals surface area contributed by atoms with Gasteiger partial charge in [-0.3, -0.25) is 4.79 Å². The Morgan fingerprint density at radius 1 is 0.903 bits per heavy atom. The number of para-hydroxylation sites is 1. The van der Waals surface area contributed by atoms with Crippen LogP contribution in [-0.4, -0.2) is 29.3 Å². The molecule has 0 aliphatic heterocycles. The Balaban J connectivity index is 1.40. The molecule has 156 valence electrons. The maximum Gasteiger partial charge on any atom is 0.262 e. The number of amides is 1. The van der Waals surface area contributed by atoms with E-state index in [9.17, 15) is 4.79 Å². The van der Waals surface area contributed by atoms with Crippen molar-refractivity contribution in [3.05, 3.63) is 78.9 Å². The molecule has 1 heterocycles. The number of benzene rings is 3. The normalized spacial score (nSPS) is 10.5. The number of rotatable bonds is 8. The van der Waals surface area contributed by atoms with E-state index in [0.29, 0.717) is 24.1 Å². The van der Waals surface area contributed by atoms with Crippen molar-refractivity contribution >= 4 is 11.6 Å². The second-order valence-corrected chi connectivity index (χ2v) is 6.61. The minimum absolute atomic E-state index is 0.109. The molecule has 1 amide bonds. The fourth-order valence-electron chi connectivity index (χ4n) is 2.91. The van der Waals surface area contributed by atoms with Gasteiger partial charge < -0.3 is 19.3 Å². The molecule has 3 aromatic carbocycles. The zero-order valence-electron chi connectivity index (χ0n) is 16.9. The molecule has 31 heavy (non-hydrogen) atoms. The first kappa shape index (κ1) is 20.2. The van der Waals surface area contributed by atoms with Gasteiger partial charge in [0.25, 0.3) is 11.8 Å². The minimum atomic E-state index is -0.242. The summed E-state index contributed by atoms with van der Waals surface area (Å²) in [5.41, 5.74) is 2.24. The molecule has 7 heteroatoms. The fourth-order valence-corrected chi connectivity index (χ4v) is 2.91. The second-order valence-electron chi connectivity index (χ2n) is 6.61. The number of nitrogens with one attached hydrogen (secondary N) is 1. The van der Waals surface area contributed by atoms with E-state index in [1.165, 1.54) is 0 Å². The van der Waals surface area contributed by atoms with Crippen molar-refractivity contribution in [3.63, 3.8) is 0 Å². The van der Waals surface area contributed by atoms with Gasteiger partial charge in [-0.05, 0) is 55.5 Å². The molecule has 4 aromatic rings. The number of carbonyl (C=O) groups excluding carboxylic acids is 1. The highest BCUT2D eigenvalue weighted by Gasteiger charge is 2.12. The van der Waals surface area contributed by atoms with E-state index in [4.69, 9.17) is 14.0 Å². The van der Waals surface area contributed by atoms with Crippen molar-refractivity contribution in [2.75, 3.05) is 18.5 Å². The summed E-state index contributed by atoms with van der Waals surface area (Å²) >= 11 is 0. The molecule has 1 N–H and O–H groups in total. The predicted molar refractivity (Wildman–Crippen MR) is 117 cm³/mol. The molecule has 0 radical (unpaired) electrons. The largest absolute Gasteiger partial charge is 0.494 e. The second kappa shape index (κ2) is 9.58. The zero-order valence-corrected chi connectivity index (χ0v) is 16.9. The van der Waals surface area contributed by atoms with Crippen molar-refractivity contribution in [2.45, 2.75) is 6.92 Å². The van der Waals surface area contributed by atoms with Crippen LogP contribution in [-0.2, 0) is 4.79 Å². The molecule has 0 saturated heterocycles. The summed E-state index contributed by atoms with van der Waals surface area (Å²) in [6, 6.07) is 23.9. The summed E-state index contributed by atoms with van der Waals surface area (Å²) in [7, 11) is 0. The highest BCUT2D eigenvalue weighted by molar-refractivity contribution is 5.91. The number of nitrogens with zero attached hydrogens (tertiary/aromatic N) is 2. The molecule has 0 saturated carbocycles. The number of anilines is 1. The van der Waals surface area contributed by atoms with Gasteiger partial charge in [-0.2, -0.15) is 4.98 Å². The van der Waals surface area contributed by atoms with Crippen molar-refractivity contribution in [1.29, 1.82) is 0 Å². The molecule has 4 rings (SSSR count). The highest BCUT2D eigenvalue weighted by Crippen LogP contribution is 2.26. The summed E-state index contributed by atoms with van der Waals surface area (Å²) in [6.45, 7) is 2.43. The predicted octanol–water partition coefficient (Wildman–Crippen LogP) is 4.82. The Morgan fingerprint density at radius 3 is 2.48 bits per heavy atom. The van der Waals surface area contributed by atoms with Crippen molar-refractivity contribution < 1.29 is 18.8 Å². The van der Waals surface area contributed by atoms with E-state index in [1.54, 1.807) is 12.1 Å². The molecule has 0 atom stereocenters. The molecule has 7 nitrogen and oxygen atoms in total. The van der Waals surface area contributed by atoms with E-state index in [-0.39, 0.29) is 12.5 Å². The van der Waals surface area contributed by atoms with E-state index >= 15 is 0 Å². The SMILES string of the molecule is CCOc1ccc(-c2nc(-c3cccc(OCC(=O)Nc4ccccc4)c3)no2)cc1. The number of carbonyl (C=O) groups is 1. The van der Waals surface area contributed by atoms with Gasteiger partial charge in [0.05, 0.1) is 6.61 Å². The summed E-state index contributed by atoms with van der Waals surface area (Å²) in [5, 5.41) is 6.84. The molecule has 0 aliphatic carbocycles. The first-order valence-electron chi connectivity index (χ1n) is 9.86. The lowest BCUT2D eigenvalue weighted by Crippen LogP contribution is -2.20. The highest BCUT2D eigenvalue weighted by atomic mass is 16.5. The lowest BCUT2D eigenvalue weighted by molar-refractivity contribution is -0.118. The van der Waals surface area contributed by atoms with Crippen LogP contribution >= 0.6 is 0 Å². The standard InChI is InChI=1S/C24H21N3O4/c1-2-29-20-13-11-17(12-14-20)24-26-23(27-31-24)18-7-6-10-21(15-18)30-16-22(28)25-19-8-4-3-5-9-19/h3-15H,2,16H2,1H3,(H,25,28). The van der Waals surface area contributed by atoms with Gasteiger partial charge in [0.1, 0.15) is 11.5 Å². The van der Waals surface area contributed by atoms with Crippen LogP contribution in [0.15, 0.2) is 83.4 Å². The average Bonchev–Trinajstić information content (AvgIpc) is 3.30. The van der Waals surface area contributed by atoms with Crippen molar-refractivity contribution in [2.24, 2.45) is 0 Å². The summed E-state index contributed by atoms with van der Waals surface area (Å²) in [4.78, 5) is 16.5. The van der Waals surface area contributed by atoms with Crippen LogP contribution in [0.25, 0.3) is 22.8 Å². The summed E-state index contributed by atoms with van der Waals surface area (Å²) < 4.78 is 16.5. The fraction of sp³-hybridized carbons (Fsp3) is 0.125. The first-order chi connectivity index (χ1) is 15.2. The van der Waals surface area contributed by atoms with Crippen LogP contribution in [0.1, 0.15) is 6.92 Å². The monoisotopic (exact) mass is 415 g/mol. The van der Waals surface area contributed by atoms with Crippen LogP contribution in [0.5, 0.6) is 11.5 Å². The first-order valence-corrected chi connectivity index (χ1v) is 9.86. The molecule has 0 aliphatic rings. The maximum atomic E-state index is 12.1. The molecule has 0 fully saturated rings. The van der Waals surface area contributed by atoms with Crippen molar-refractivity contribution in [1.82, 2.24) is 10.1 Å². The number of hydrogen-bond donors (Lipinski definition) is 1. The zero-order chi connectivity index (χ0) is 21.5. The number of hydrogen-bond acceptors (Lipinski definition) is 6. The maximum absolute atomic E-state index is 12.1. The molecular formula is C24H21N3O4. The quantitative estimate of drug-likeness (QED) is 0.444. The lowest BCUT2D eigenvalue weighted by Gasteiger charge is -2.08. The molecular weight excluding hydrogens is 394 g/mol. The van der Waals surface area contributed by atoms with Crippen LogP contribution in [0.3, 0.4) is 0 Å². The van der Waals surface area contributed by atoms with Gasteiger partial charge in [-0.15, -0.1) is 0 Å². The smallest absolute Gasteiger partial charge is 0.262 e. The Labute approximate surface area is 179 Å². The van der Waals surface area contributed by atoms with E-state index in [0.717, 1.165) is 22.6 Å². The minimum Gasteiger partial charge on any atom is -0.494 e. The Bertz CT molecular complexity index is 1140. The molecule has 0 bridgehead atoms. The molecule has 1 aromatic heterocycles. The number of ether oxygens (including phenoxy) is 2. The van der Waals surface area contributed by atoms with E-state index in [1.807, 2.05) is 73.7 Å². The molecule has 0 spiro atoms.